The molecule has 1 aromatic heterocycles. The Balaban J connectivity index is 1.84. The number of hydrogen-bond donors (Lipinski definition) is 1. The maximum atomic E-state index is 11.3. The molecule has 2 aromatic rings. The van der Waals surface area contributed by atoms with Gasteiger partial charge in [-0.15, -0.1) is 0 Å². The van der Waals surface area contributed by atoms with E-state index in [1.165, 1.54) is 11.5 Å². The van der Waals surface area contributed by atoms with Gasteiger partial charge in [-0.05, 0) is 30.0 Å². The number of anilines is 1. The van der Waals surface area contributed by atoms with Crippen molar-refractivity contribution in [3.8, 4) is 0 Å². The Morgan fingerprint density at radius 1 is 1.48 bits per heavy atom. The number of nitrogens with zero attached hydrogens (tertiary/aromatic N) is 3. The summed E-state index contributed by atoms with van der Waals surface area (Å²) in [7, 11) is 0. The monoisotopic (exact) mass is 303 g/mol. The fraction of sp³-hybridized carbons (Fsp3) is 0.400. The number of aryl methyl sites for hydroxylation is 1. The van der Waals surface area contributed by atoms with Crippen molar-refractivity contribution in [3.05, 3.63) is 40.7 Å². The first-order chi connectivity index (χ1) is 10.2. The first-order valence-corrected chi connectivity index (χ1v) is 7.88. The fourth-order valence-corrected chi connectivity index (χ4v) is 3.41. The summed E-state index contributed by atoms with van der Waals surface area (Å²) in [5.41, 5.74) is 2.46. The van der Waals surface area contributed by atoms with E-state index in [0.29, 0.717) is 12.1 Å². The van der Waals surface area contributed by atoms with Gasteiger partial charge in [0.25, 0.3) is 0 Å². The van der Waals surface area contributed by atoms with Crippen molar-refractivity contribution in [2.75, 3.05) is 11.4 Å². The Bertz CT molecular complexity index is 669. The van der Waals surface area contributed by atoms with Crippen molar-refractivity contribution < 1.29 is 9.90 Å². The summed E-state index contributed by atoms with van der Waals surface area (Å²) in [5, 5.41) is 10.2. The van der Waals surface area contributed by atoms with Gasteiger partial charge in [0.2, 0.25) is 5.13 Å². The van der Waals surface area contributed by atoms with E-state index in [-0.39, 0.29) is 0 Å². The maximum Gasteiger partial charge on any atom is 0.335 e. The standard InChI is InChI=1S/C15H17N3O2S/c1-2-4-13-16-15(21-17-13)18-8-7-11-10(9-18)5-3-6-12(11)14(19)20/h3,5-6H,2,4,7-9H2,1H3,(H,19,20). The summed E-state index contributed by atoms with van der Waals surface area (Å²) in [5.74, 6) is 0.0593. The third-order valence-corrected chi connectivity index (χ3v) is 4.51. The van der Waals surface area contributed by atoms with Gasteiger partial charge in [0.15, 0.2) is 0 Å². The number of aromatic nitrogens is 2. The van der Waals surface area contributed by atoms with Crippen molar-refractivity contribution >= 4 is 22.6 Å². The van der Waals surface area contributed by atoms with Gasteiger partial charge in [0.05, 0.1) is 5.56 Å². The molecule has 1 N–H and O–H groups in total. The average molecular weight is 303 g/mol. The maximum absolute atomic E-state index is 11.3. The highest BCUT2D eigenvalue weighted by atomic mass is 32.1. The van der Waals surface area contributed by atoms with E-state index in [9.17, 15) is 9.90 Å². The molecule has 0 fully saturated rings. The molecule has 0 spiro atoms. The number of benzene rings is 1. The Hall–Kier alpha value is -1.95. The van der Waals surface area contributed by atoms with Crippen LogP contribution < -0.4 is 4.90 Å². The Labute approximate surface area is 127 Å². The van der Waals surface area contributed by atoms with Gasteiger partial charge in [-0.2, -0.15) is 4.37 Å². The highest BCUT2D eigenvalue weighted by Gasteiger charge is 2.23. The summed E-state index contributed by atoms with van der Waals surface area (Å²) in [6.45, 7) is 3.61. The molecule has 110 valence electrons. The van der Waals surface area contributed by atoms with E-state index in [1.54, 1.807) is 6.07 Å². The van der Waals surface area contributed by atoms with E-state index in [0.717, 1.165) is 47.9 Å². The van der Waals surface area contributed by atoms with Crippen LogP contribution in [0.3, 0.4) is 0 Å². The molecule has 6 heteroatoms. The first kappa shape index (κ1) is 14.0. The molecule has 1 aliphatic heterocycles. The first-order valence-electron chi connectivity index (χ1n) is 7.10. The van der Waals surface area contributed by atoms with Gasteiger partial charge >= 0.3 is 5.97 Å². The molecule has 0 bridgehead atoms. The number of rotatable bonds is 4. The number of aromatic carboxylic acids is 1. The van der Waals surface area contributed by atoms with Crippen molar-refractivity contribution in [2.45, 2.75) is 32.7 Å². The van der Waals surface area contributed by atoms with Crippen LogP contribution in [0.1, 0.15) is 40.7 Å². The molecule has 1 aliphatic rings. The van der Waals surface area contributed by atoms with Crippen LogP contribution in [0.4, 0.5) is 5.13 Å². The molecule has 2 heterocycles. The summed E-state index contributed by atoms with van der Waals surface area (Å²) < 4.78 is 4.38. The minimum atomic E-state index is -0.846. The normalized spacial score (nSPS) is 14.0. The third-order valence-electron chi connectivity index (χ3n) is 3.70. The van der Waals surface area contributed by atoms with Crippen LogP contribution in [-0.2, 0) is 19.4 Å². The van der Waals surface area contributed by atoms with Gasteiger partial charge in [-0.1, -0.05) is 19.1 Å². The molecule has 0 amide bonds. The highest BCUT2D eigenvalue weighted by Crippen LogP contribution is 2.27. The van der Waals surface area contributed by atoms with Gasteiger partial charge in [-0.3, -0.25) is 0 Å². The second-order valence-electron chi connectivity index (χ2n) is 5.16. The quantitative estimate of drug-likeness (QED) is 0.940. The zero-order valence-electron chi connectivity index (χ0n) is 11.9. The van der Waals surface area contributed by atoms with Crippen molar-refractivity contribution in [2.24, 2.45) is 0 Å². The molecule has 0 atom stereocenters. The molecule has 3 rings (SSSR count). The summed E-state index contributed by atoms with van der Waals surface area (Å²) >= 11 is 1.43. The Morgan fingerprint density at radius 2 is 2.33 bits per heavy atom. The third kappa shape index (κ3) is 2.76. The summed E-state index contributed by atoms with van der Waals surface area (Å²) in [6.07, 6.45) is 2.69. The number of carbonyl (C=O) groups is 1. The molecule has 1 aromatic carbocycles. The molecule has 5 nitrogen and oxygen atoms in total. The number of carboxylic acid groups (broad SMARTS) is 1. The second-order valence-corrected chi connectivity index (χ2v) is 5.89. The Kier molecular flexibility index (Phi) is 3.88. The topological polar surface area (TPSA) is 66.3 Å². The van der Waals surface area contributed by atoms with E-state index in [4.69, 9.17) is 0 Å². The lowest BCUT2D eigenvalue weighted by molar-refractivity contribution is 0.0695. The SMILES string of the molecule is CCCc1nsc(N2CCc3c(cccc3C(=O)O)C2)n1. The molecular formula is C15H17N3O2S. The number of hydrogen-bond acceptors (Lipinski definition) is 5. The molecule has 0 unspecified atom stereocenters. The zero-order chi connectivity index (χ0) is 14.8. The second kappa shape index (κ2) is 5.81. The minimum Gasteiger partial charge on any atom is -0.478 e. The van der Waals surface area contributed by atoms with Gasteiger partial charge in [-0.25, -0.2) is 9.78 Å². The van der Waals surface area contributed by atoms with E-state index < -0.39 is 5.97 Å². The van der Waals surface area contributed by atoms with Gasteiger partial charge in [0.1, 0.15) is 5.82 Å². The van der Waals surface area contributed by atoms with Crippen molar-refractivity contribution in [1.29, 1.82) is 0 Å². The molecule has 0 saturated carbocycles. The summed E-state index contributed by atoms with van der Waals surface area (Å²) in [4.78, 5) is 18.0. The number of fused-ring (bicyclic) bond motifs is 1. The summed E-state index contributed by atoms with van der Waals surface area (Å²) in [6, 6.07) is 5.50. The predicted molar refractivity (Wildman–Crippen MR) is 82.1 cm³/mol. The van der Waals surface area contributed by atoms with Crippen LogP contribution in [0.2, 0.25) is 0 Å². The van der Waals surface area contributed by atoms with Gasteiger partial charge < -0.3 is 10.0 Å². The van der Waals surface area contributed by atoms with Crippen molar-refractivity contribution in [3.63, 3.8) is 0 Å². The highest BCUT2D eigenvalue weighted by molar-refractivity contribution is 7.09. The van der Waals surface area contributed by atoms with E-state index in [1.807, 2.05) is 12.1 Å². The molecule has 0 radical (unpaired) electrons. The minimum absolute atomic E-state index is 0.427. The molecule has 0 aliphatic carbocycles. The van der Waals surface area contributed by atoms with Crippen LogP contribution in [0, 0.1) is 0 Å². The van der Waals surface area contributed by atoms with Crippen LogP contribution in [-0.4, -0.2) is 27.0 Å². The van der Waals surface area contributed by atoms with Crippen LogP contribution in [0.15, 0.2) is 18.2 Å². The molecule has 21 heavy (non-hydrogen) atoms. The fourth-order valence-electron chi connectivity index (χ4n) is 2.67. The Morgan fingerprint density at radius 3 is 3.10 bits per heavy atom. The van der Waals surface area contributed by atoms with Crippen molar-refractivity contribution in [1.82, 2.24) is 9.36 Å². The van der Waals surface area contributed by atoms with Crippen LogP contribution in [0.5, 0.6) is 0 Å². The lowest BCUT2D eigenvalue weighted by Crippen LogP contribution is -2.31. The van der Waals surface area contributed by atoms with Crippen LogP contribution in [0.25, 0.3) is 0 Å². The smallest absolute Gasteiger partial charge is 0.335 e. The van der Waals surface area contributed by atoms with E-state index in [2.05, 4.69) is 21.2 Å². The lowest BCUT2D eigenvalue weighted by atomic mass is 9.95. The van der Waals surface area contributed by atoms with Gasteiger partial charge in [0, 0.05) is 31.0 Å². The predicted octanol–water partition coefficient (Wildman–Crippen LogP) is 2.75. The van der Waals surface area contributed by atoms with Crippen LogP contribution >= 0.6 is 11.5 Å². The number of carboxylic acids is 1. The molecular weight excluding hydrogens is 286 g/mol. The average Bonchev–Trinajstić information content (AvgIpc) is 2.95. The zero-order valence-corrected chi connectivity index (χ0v) is 12.7. The lowest BCUT2D eigenvalue weighted by Gasteiger charge is -2.28. The largest absolute Gasteiger partial charge is 0.478 e. The van der Waals surface area contributed by atoms with E-state index >= 15 is 0 Å². The molecule has 0 saturated heterocycles.